The van der Waals surface area contributed by atoms with Crippen molar-refractivity contribution in [1.29, 1.82) is 0 Å². The molecule has 3 N–H and O–H groups in total. The molecular weight excluding hydrogens is 256 g/mol. The van der Waals surface area contributed by atoms with Gasteiger partial charge in [0.2, 0.25) is 5.91 Å². The maximum Gasteiger partial charge on any atom is 0.251 e. The van der Waals surface area contributed by atoms with Gasteiger partial charge in [-0.3, -0.25) is 9.59 Å². The van der Waals surface area contributed by atoms with Gasteiger partial charge in [0.1, 0.15) is 0 Å². The van der Waals surface area contributed by atoms with E-state index in [0.29, 0.717) is 11.3 Å². The molecule has 1 aromatic rings. The fraction of sp³-hybridized carbons (Fsp3) is 0.467. The summed E-state index contributed by atoms with van der Waals surface area (Å²) in [4.78, 5) is 23.2. The first-order valence-electron chi connectivity index (χ1n) is 6.93. The molecule has 0 radical (unpaired) electrons. The van der Waals surface area contributed by atoms with Crippen LogP contribution in [0.1, 0.15) is 43.0 Å². The first-order chi connectivity index (χ1) is 9.56. The lowest BCUT2D eigenvalue weighted by atomic mass is 9.92. The quantitative estimate of drug-likeness (QED) is 0.786. The van der Waals surface area contributed by atoms with E-state index < -0.39 is 6.10 Å². The Morgan fingerprint density at radius 1 is 1.25 bits per heavy atom. The Hall–Kier alpha value is -1.88. The molecule has 5 nitrogen and oxygen atoms in total. The Morgan fingerprint density at radius 3 is 2.70 bits per heavy atom. The molecule has 0 saturated heterocycles. The van der Waals surface area contributed by atoms with Crippen molar-refractivity contribution in [3.05, 3.63) is 29.8 Å². The zero-order valence-electron chi connectivity index (χ0n) is 11.6. The highest BCUT2D eigenvalue weighted by atomic mass is 16.3. The van der Waals surface area contributed by atoms with Crippen molar-refractivity contribution in [1.82, 2.24) is 5.32 Å². The van der Waals surface area contributed by atoms with Crippen LogP contribution >= 0.6 is 0 Å². The molecule has 2 rings (SSSR count). The number of hydrogen-bond acceptors (Lipinski definition) is 3. The van der Waals surface area contributed by atoms with Crippen LogP contribution in [0.15, 0.2) is 24.3 Å². The second-order valence-electron chi connectivity index (χ2n) is 5.19. The number of benzene rings is 1. The third-order valence-corrected chi connectivity index (χ3v) is 3.49. The van der Waals surface area contributed by atoms with Crippen molar-refractivity contribution in [2.45, 2.75) is 44.8 Å². The fourth-order valence-electron chi connectivity index (χ4n) is 2.47. The smallest absolute Gasteiger partial charge is 0.251 e. The molecule has 0 aliphatic heterocycles. The van der Waals surface area contributed by atoms with Crippen molar-refractivity contribution in [3.8, 4) is 0 Å². The van der Waals surface area contributed by atoms with Crippen molar-refractivity contribution >= 4 is 17.5 Å². The third kappa shape index (κ3) is 3.81. The molecule has 1 saturated carbocycles. The number of carbonyl (C=O) groups excluding carboxylic acids is 2. The first-order valence-corrected chi connectivity index (χ1v) is 6.93. The summed E-state index contributed by atoms with van der Waals surface area (Å²) in [5.74, 6) is -0.395. The van der Waals surface area contributed by atoms with Gasteiger partial charge >= 0.3 is 0 Å². The van der Waals surface area contributed by atoms with Gasteiger partial charge in [0, 0.05) is 18.2 Å². The Labute approximate surface area is 118 Å². The van der Waals surface area contributed by atoms with E-state index in [0.717, 1.165) is 25.7 Å². The van der Waals surface area contributed by atoms with Gasteiger partial charge < -0.3 is 15.7 Å². The minimum atomic E-state index is -0.466. The molecule has 0 aromatic heterocycles. The van der Waals surface area contributed by atoms with Crippen molar-refractivity contribution in [3.63, 3.8) is 0 Å². The van der Waals surface area contributed by atoms with E-state index in [1.54, 1.807) is 24.3 Å². The van der Waals surface area contributed by atoms with E-state index in [9.17, 15) is 14.7 Å². The van der Waals surface area contributed by atoms with Crippen LogP contribution in [0.4, 0.5) is 5.69 Å². The summed E-state index contributed by atoms with van der Waals surface area (Å²) in [5.41, 5.74) is 1.07. The van der Waals surface area contributed by atoms with Gasteiger partial charge in [-0.15, -0.1) is 0 Å². The van der Waals surface area contributed by atoms with Gasteiger partial charge in [-0.2, -0.15) is 0 Å². The number of hydrogen-bond donors (Lipinski definition) is 3. The average Bonchev–Trinajstić information content (AvgIpc) is 2.41. The maximum absolute atomic E-state index is 12.2. The molecule has 1 aliphatic carbocycles. The molecule has 108 valence electrons. The Bertz CT molecular complexity index is 502. The number of aliphatic hydroxyl groups excluding tert-OH is 1. The van der Waals surface area contributed by atoms with Crippen LogP contribution in [0, 0.1) is 0 Å². The standard InChI is InChI=1S/C15H20N2O3/c1-10(18)16-12-6-4-5-11(9-12)15(20)17-13-7-2-3-8-14(13)19/h4-6,9,13-14,19H,2-3,7-8H2,1H3,(H,16,18)(H,17,20)/t13-,14-/m1/s1. The van der Waals surface area contributed by atoms with Crippen molar-refractivity contribution in [2.75, 3.05) is 5.32 Å². The molecule has 0 heterocycles. The highest BCUT2D eigenvalue weighted by molar-refractivity contribution is 5.96. The second-order valence-corrected chi connectivity index (χ2v) is 5.19. The highest BCUT2D eigenvalue weighted by Crippen LogP contribution is 2.19. The molecule has 1 aromatic carbocycles. The summed E-state index contributed by atoms with van der Waals surface area (Å²) in [7, 11) is 0. The lowest BCUT2D eigenvalue weighted by molar-refractivity contribution is -0.114. The third-order valence-electron chi connectivity index (χ3n) is 3.49. The van der Waals surface area contributed by atoms with Crippen LogP contribution in [0.2, 0.25) is 0 Å². The first kappa shape index (κ1) is 14.5. The molecule has 2 atom stereocenters. The molecule has 5 heteroatoms. The number of carbonyl (C=O) groups is 2. The molecule has 1 aliphatic rings. The van der Waals surface area contributed by atoms with Crippen LogP contribution in [0.5, 0.6) is 0 Å². The number of aliphatic hydroxyl groups is 1. The SMILES string of the molecule is CC(=O)Nc1cccc(C(=O)N[C@@H]2CCCC[C@H]2O)c1. The minimum absolute atomic E-state index is 0.176. The highest BCUT2D eigenvalue weighted by Gasteiger charge is 2.24. The lowest BCUT2D eigenvalue weighted by Crippen LogP contribution is -2.45. The summed E-state index contributed by atoms with van der Waals surface area (Å²) < 4.78 is 0. The molecule has 0 spiro atoms. The second kappa shape index (κ2) is 6.52. The topological polar surface area (TPSA) is 78.4 Å². The average molecular weight is 276 g/mol. The van der Waals surface area contributed by atoms with E-state index in [2.05, 4.69) is 10.6 Å². The monoisotopic (exact) mass is 276 g/mol. The van der Waals surface area contributed by atoms with E-state index in [1.165, 1.54) is 6.92 Å². The largest absolute Gasteiger partial charge is 0.391 e. The lowest BCUT2D eigenvalue weighted by Gasteiger charge is -2.28. The Morgan fingerprint density at radius 2 is 2.00 bits per heavy atom. The number of rotatable bonds is 3. The molecule has 0 bridgehead atoms. The Balaban J connectivity index is 2.03. The zero-order chi connectivity index (χ0) is 14.5. The van der Waals surface area contributed by atoms with Crippen LogP contribution < -0.4 is 10.6 Å². The predicted molar refractivity (Wildman–Crippen MR) is 76.5 cm³/mol. The summed E-state index contributed by atoms with van der Waals surface area (Å²) in [6.45, 7) is 1.42. The summed E-state index contributed by atoms with van der Waals surface area (Å²) in [6.07, 6.45) is 3.10. The number of amides is 2. The van der Waals surface area contributed by atoms with Gasteiger partial charge in [-0.1, -0.05) is 18.9 Å². The van der Waals surface area contributed by atoms with Gasteiger partial charge in [-0.25, -0.2) is 0 Å². The van der Waals surface area contributed by atoms with Gasteiger partial charge in [0.05, 0.1) is 12.1 Å². The van der Waals surface area contributed by atoms with E-state index >= 15 is 0 Å². The van der Waals surface area contributed by atoms with Crippen LogP contribution in [0.3, 0.4) is 0 Å². The number of anilines is 1. The normalized spacial score (nSPS) is 22.1. The van der Waals surface area contributed by atoms with E-state index in [1.807, 2.05) is 0 Å². The predicted octanol–water partition coefficient (Wildman–Crippen LogP) is 1.68. The summed E-state index contributed by atoms with van der Waals surface area (Å²) in [6, 6.07) is 6.59. The Kier molecular flexibility index (Phi) is 4.74. The van der Waals surface area contributed by atoms with Gasteiger partial charge in [-0.05, 0) is 31.0 Å². The zero-order valence-corrected chi connectivity index (χ0v) is 11.6. The molecule has 20 heavy (non-hydrogen) atoms. The van der Waals surface area contributed by atoms with Crippen molar-refractivity contribution < 1.29 is 14.7 Å². The fourth-order valence-corrected chi connectivity index (χ4v) is 2.47. The van der Waals surface area contributed by atoms with Crippen LogP contribution in [0.25, 0.3) is 0 Å². The molecule has 1 fully saturated rings. The van der Waals surface area contributed by atoms with Gasteiger partial charge in [0.25, 0.3) is 5.91 Å². The van der Waals surface area contributed by atoms with Crippen molar-refractivity contribution in [2.24, 2.45) is 0 Å². The van der Waals surface area contributed by atoms with E-state index in [-0.39, 0.29) is 17.9 Å². The van der Waals surface area contributed by atoms with Crippen LogP contribution in [-0.2, 0) is 4.79 Å². The summed E-state index contributed by atoms with van der Waals surface area (Å²) >= 11 is 0. The minimum Gasteiger partial charge on any atom is -0.391 e. The molecular formula is C15H20N2O3. The van der Waals surface area contributed by atoms with Crippen LogP contribution in [-0.4, -0.2) is 29.1 Å². The molecule has 2 amide bonds. The van der Waals surface area contributed by atoms with E-state index in [4.69, 9.17) is 0 Å². The summed E-state index contributed by atoms with van der Waals surface area (Å²) in [5, 5.41) is 15.4. The molecule has 0 unspecified atom stereocenters. The van der Waals surface area contributed by atoms with Gasteiger partial charge in [0.15, 0.2) is 0 Å². The number of nitrogens with one attached hydrogen (secondary N) is 2. The maximum atomic E-state index is 12.2.